The van der Waals surface area contributed by atoms with Gasteiger partial charge in [-0.05, 0) is 56.2 Å². The lowest BCUT2D eigenvalue weighted by Gasteiger charge is -2.34. The zero-order chi connectivity index (χ0) is 21.9. The van der Waals surface area contributed by atoms with Gasteiger partial charge < -0.3 is 10.1 Å². The molecule has 1 aromatic rings. The Bertz CT molecular complexity index is 913. The number of benzene rings is 1. The standard InChI is InChI=1S/C23H33N3O4S/c1-30-20-11-9-18(10-12-20)6-5-17-31(28,29)26-15-13-23(14-16-26)22(27)24-21(25-23)19-7-3-2-4-8-19/h9-12,19H,2-8,13-17H2,1H3,(H,24,25,27). The van der Waals surface area contributed by atoms with Crippen LogP contribution in [-0.2, 0) is 21.2 Å². The van der Waals surface area contributed by atoms with Gasteiger partial charge in [-0.2, -0.15) is 0 Å². The first-order valence-corrected chi connectivity index (χ1v) is 13.0. The normalized spacial score (nSPS) is 22.4. The summed E-state index contributed by atoms with van der Waals surface area (Å²) in [4.78, 5) is 17.6. The van der Waals surface area contributed by atoms with E-state index in [1.807, 2.05) is 24.3 Å². The van der Waals surface area contributed by atoms with Crippen molar-refractivity contribution in [2.45, 2.75) is 63.3 Å². The summed E-state index contributed by atoms with van der Waals surface area (Å²) in [7, 11) is -1.71. The summed E-state index contributed by atoms with van der Waals surface area (Å²) in [5.74, 6) is 2.08. The lowest BCUT2D eigenvalue weighted by Crippen LogP contribution is -2.50. The van der Waals surface area contributed by atoms with Gasteiger partial charge in [-0.15, -0.1) is 0 Å². The first-order valence-electron chi connectivity index (χ1n) is 11.4. The minimum Gasteiger partial charge on any atom is -0.497 e. The fourth-order valence-electron chi connectivity index (χ4n) is 4.96. The van der Waals surface area contributed by atoms with E-state index in [4.69, 9.17) is 9.73 Å². The number of nitrogens with zero attached hydrogens (tertiary/aromatic N) is 2. The Hall–Kier alpha value is -1.93. The lowest BCUT2D eigenvalue weighted by atomic mass is 9.88. The molecule has 1 saturated heterocycles. The van der Waals surface area contributed by atoms with Crippen molar-refractivity contribution in [3.05, 3.63) is 29.8 Å². The van der Waals surface area contributed by atoms with Crippen molar-refractivity contribution in [1.29, 1.82) is 0 Å². The SMILES string of the molecule is COc1ccc(CCCS(=O)(=O)N2CCC3(CC2)N=C(C2CCCCC2)NC3=O)cc1. The molecule has 1 N–H and O–H groups in total. The molecule has 2 fully saturated rings. The van der Waals surface area contributed by atoms with E-state index < -0.39 is 15.6 Å². The number of nitrogens with one attached hydrogen (secondary N) is 1. The third kappa shape index (κ3) is 4.95. The first kappa shape index (κ1) is 22.3. The van der Waals surface area contributed by atoms with Crippen LogP contribution in [0.5, 0.6) is 5.75 Å². The van der Waals surface area contributed by atoms with Crippen LogP contribution in [0.3, 0.4) is 0 Å². The summed E-state index contributed by atoms with van der Waals surface area (Å²) < 4.78 is 32.4. The number of aliphatic imine (C=N–C) groups is 1. The molecule has 1 aromatic carbocycles. The van der Waals surface area contributed by atoms with E-state index in [1.165, 1.54) is 19.3 Å². The molecule has 0 aromatic heterocycles. The number of ether oxygens (including phenoxy) is 1. The van der Waals surface area contributed by atoms with Crippen molar-refractivity contribution >= 4 is 21.8 Å². The molecule has 1 aliphatic carbocycles. The van der Waals surface area contributed by atoms with Crippen molar-refractivity contribution in [2.24, 2.45) is 10.9 Å². The molecule has 1 saturated carbocycles. The van der Waals surface area contributed by atoms with Crippen LogP contribution >= 0.6 is 0 Å². The molecular weight excluding hydrogens is 414 g/mol. The molecule has 2 aliphatic heterocycles. The smallest absolute Gasteiger partial charge is 0.253 e. The molecule has 1 amide bonds. The zero-order valence-corrected chi connectivity index (χ0v) is 19.1. The van der Waals surface area contributed by atoms with Crippen molar-refractivity contribution in [1.82, 2.24) is 9.62 Å². The average molecular weight is 448 g/mol. The van der Waals surface area contributed by atoms with Crippen molar-refractivity contribution in [3.8, 4) is 5.75 Å². The van der Waals surface area contributed by atoms with E-state index in [9.17, 15) is 13.2 Å². The first-order chi connectivity index (χ1) is 14.9. The van der Waals surface area contributed by atoms with Crippen LogP contribution in [0.1, 0.15) is 56.9 Å². The topological polar surface area (TPSA) is 88.1 Å². The number of methoxy groups -OCH3 is 1. The van der Waals surface area contributed by atoms with E-state index in [0.717, 1.165) is 30.0 Å². The molecule has 0 unspecified atom stereocenters. The van der Waals surface area contributed by atoms with Gasteiger partial charge in [-0.3, -0.25) is 9.79 Å². The highest BCUT2D eigenvalue weighted by atomic mass is 32.2. The number of carbonyl (C=O) groups is 1. The maximum absolute atomic E-state index is 12.8. The van der Waals surface area contributed by atoms with Gasteiger partial charge >= 0.3 is 0 Å². The van der Waals surface area contributed by atoms with Gasteiger partial charge in [-0.25, -0.2) is 12.7 Å². The Morgan fingerprint density at radius 3 is 2.45 bits per heavy atom. The lowest BCUT2D eigenvalue weighted by molar-refractivity contribution is -0.125. The summed E-state index contributed by atoms with van der Waals surface area (Å²) >= 11 is 0. The molecule has 1 spiro atoms. The molecule has 0 bridgehead atoms. The quantitative estimate of drug-likeness (QED) is 0.696. The molecule has 8 heteroatoms. The Kier molecular flexibility index (Phi) is 6.67. The number of rotatable bonds is 7. The second-order valence-electron chi connectivity index (χ2n) is 8.98. The fraction of sp³-hybridized carbons (Fsp3) is 0.652. The summed E-state index contributed by atoms with van der Waals surface area (Å²) in [6.07, 6.45) is 8.02. The number of amidine groups is 1. The predicted octanol–water partition coefficient (Wildman–Crippen LogP) is 2.90. The third-order valence-corrected chi connectivity index (χ3v) is 8.92. The van der Waals surface area contributed by atoms with Gasteiger partial charge in [0.15, 0.2) is 0 Å². The molecule has 0 atom stereocenters. The van der Waals surface area contributed by atoms with Gasteiger partial charge in [0.25, 0.3) is 5.91 Å². The highest BCUT2D eigenvalue weighted by Crippen LogP contribution is 2.34. The number of hydrogen-bond acceptors (Lipinski definition) is 5. The number of aryl methyl sites for hydroxylation is 1. The van der Waals surface area contributed by atoms with Gasteiger partial charge in [0.1, 0.15) is 17.1 Å². The Balaban J connectivity index is 1.30. The van der Waals surface area contributed by atoms with Crippen LogP contribution in [0.4, 0.5) is 0 Å². The molecule has 31 heavy (non-hydrogen) atoms. The molecule has 0 radical (unpaired) electrons. The van der Waals surface area contributed by atoms with E-state index >= 15 is 0 Å². The molecule has 7 nitrogen and oxygen atoms in total. The van der Waals surface area contributed by atoms with Crippen molar-refractivity contribution in [2.75, 3.05) is 26.0 Å². The molecule has 2 heterocycles. The van der Waals surface area contributed by atoms with Gasteiger partial charge in [0.05, 0.1) is 12.9 Å². The molecule has 3 aliphatic rings. The Labute approximate surface area is 185 Å². The molecule has 170 valence electrons. The second kappa shape index (κ2) is 9.28. The summed E-state index contributed by atoms with van der Waals surface area (Å²) in [6.45, 7) is 0.722. The highest BCUT2D eigenvalue weighted by Gasteiger charge is 2.48. The minimum absolute atomic E-state index is 0.0374. The summed E-state index contributed by atoms with van der Waals surface area (Å²) in [5.41, 5.74) is 0.336. The van der Waals surface area contributed by atoms with Crippen LogP contribution in [0.25, 0.3) is 0 Å². The van der Waals surface area contributed by atoms with Crippen LogP contribution in [-0.4, -0.2) is 56.0 Å². The molecular formula is C23H33N3O4S. The van der Waals surface area contributed by atoms with E-state index in [-0.39, 0.29) is 11.7 Å². The number of carbonyl (C=O) groups excluding carboxylic acids is 1. The minimum atomic E-state index is -3.34. The molecule has 4 rings (SSSR count). The second-order valence-corrected chi connectivity index (χ2v) is 11.1. The number of amides is 1. The predicted molar refractivity (Wildman–Crippen MR) is 121 cm³/mol. The maximum Gasteiger partial charge on any atom is 0.253 e. The summed E-state index contributed by atoms with van der Waals surface area (Å²) in [6, 6.07) is 7.72. The monoisotopic (exact) mass is 447 g/mol. The van der Waals surface area contributed by atoms with Gasteiger partial charge in [0, 0.05) is 19.0 Å². The van der Waals surface area contributed by atoms with Crippen molar-refractivity contribution < 1.29 is 17.9 Å². The van der Waals surface area contributed by atoms with Crippen LogP contribution in [0, 0.1) is 5.92 Å². The Morgan fingerprint density at radius 2 is 1.81 bits per heavy atom. The average Bonchev–Trinajstić information content (AvgIpc) is 3.10. The fourth-order valence-corrected chi connectivity index (χ4v) is 6.47. The van der Waals surface area contributed by atoms with Crippen LogP contribution in [0.2, 0.25) is 0 Å². The highest BCUT2D eigenvalue weighted by molar-refractivity contribution is 7.89. The maximum atomic E-state index is 12.8. The number of hydrogen-bond donors (Lipinski definition) is 1. The largest absolute Gasteiger partial charge is 0.497 e. The Morgan fingerprint density at radius 1 is 1.13 bits per heavy atom. The summed E-state index contributed by atoms with van der Waals surface area (Å²) in [5, 5.41) is 3.03. The third-order valence-electron chi connectivity index (χ3n) is 6.96. The van der Waals surface area contributed by atoms with Crippen molar-refractivity contribution in [3.63, 3.8) is 0 Å². The van der Waals surface area contributed by atoms with E-state index in [2.05, 4.69) is 5.32 Å². The van der Waals surface area contributed by atoms with Crippen LogP contribution in [0.15, 0.2) is 29.3 Å². The van der Waals surface area contributed by atoms with E-state index in [0.29, 0.717) is 44.7 Å². The van der Waals surface area contributed by atoms with Gasteiger partial charge in [-0.1, -0.05) is 31.4 Å². The zero-order valence-electron chi connectivity index (χ0n) is 18.3. The number of sulfonamides is 1. The number of piperidine rings is 1. The van der Waals surface area contributed by atoms with E-state index in [1.54, 1.807) is 11.4 Å². The van der Waals surface area contributed by atoms with Crippen LogP contribution < -0.4 is 10.1 Å². The van der Waals surface area contributed by atoms with Gasteiger partial charge in [0.2, 0.25) is 10.0 Å².